The molecule has 2 heterocycles. The van der Waals surface area contributed by atoms with Crippen molar-refractivity contribution in [2.45, 2.75) is 0 Å². The predicted octanol–water partition coefficient (Wildman–Crippen LogP) is 3.25. The molecule has 0 aliphatic heterocycles. The van der Waals surface area contributed by atoms with Gasteiger partial charge in [0.15, 0.2) is 0 Å². The summed E-state index contributed by atoms with van der Waals surface area (Å²) in [5, 5.41) is 8.74. The molecular formula is C7H5Br2N3S. The number of hydrogen-bond donors (Lipinski definition) is 2. The van der Waals surface area contributed by atoms with Crippen LogP contribution < -0.4 is 5.73 Å². The van der Waals surface area contributed by atoms with E-state index in [4.69, 9.17) is 5.73 Å². The van der Waals surface area contributed by atoms with E-state index in [1.54, 1.807) is 11.3 Å². The van der Waals surface area contributed by atoms with E-state index >= 15 is 0 Å². The Morgan fingerprint density at radius 2 is 2.23 bits per heavy atom. The first kappa shape index (κ1) is 9.23. The molecule has 2 aromatic heterocycles. The van der Waals surface area contributed by atoms with E-state index in [1.165, 1.54) is 0 Å². The maximum atomic E-state index is 5.51. The third-order valence-corrected chi connectivity index (χ3v) is 5.09. The molecule has 13 heavy (non-hydrogen) atoms. The van der Waals surface area contributed by atoms with Crippen LogP contribution in [-0.2, 0) is 0 Å². The van der Waals surface area contributed by atoms with E-state index in [0.717, 1.165) is 19.5 Å². The summed E-state index contributed by atoms with van der Waals surface area (Å²) in [5.41, 5.74) is 6.44. The number of nitrogen functional groups attached to an aromatic ring is 1. The van der Waals surface area contributed by atoms with E-state index in [0.29, 0.717) is 5.82 Å². The Morgan fingerprint density at radius 3 is 2.69 bits per heavy atom. The third-order valence-electron chi connectivity index (χ3n) is 1.53. The molecule has 2 rings (SSSR count). The van der Waals surface area contributed by atoms with Gasteiger partial charge in [-0.05, 0) is 31.9 Å². The fourth-order valence-electron chi connectivity index (χ4n) is 0.958. The number of H-pyrrole nitrogens is 1. The number of anilines is 1. The monoisotopic (exact) mass is 321 g/mol. The quantitative estimate of drug-likeness (QED) is 0.846. The zero-order valence-corrected chi connectivity index (χ0v) is 10.3. The first-order valence-corrected chi connectivity index (χ1v) is 5.89. The Bertz CT molecular complexity index is 435. The number of aromatic amines is 1. The lowest BCUT2D eigenvalue weighted by Gasteiger charge is -1.91. The molecule has 0 saturated heterocycles. The number of nitrogens with zero attached hydrogens (tertiary/aromatic N) is 1. The molecule has 0 aliphatic carbocycles. The van der Waals surface area contributed by atoms with Gasteiger partial charge in [-0.3, -0.25) is 5.10 Å². The standard InChI is InChI=1S/C7H5Br2N3S/c8-3-2-13-7(6(3)9)4-1-5(10)12-11-4/h1-2H,(H3,10,11,12). The van der Waals surface area contributed by atoms with Gasteiger partial charge >= 0.3 is 0 Å². The van der Waals surface area contributed by atoms with Gasteiger partial charge in [0.25, 0.3) is 0 Å². The number of halogens is 2. The Labute approximate surface area is 95.6 Å². The van der Waals surface area contributed by atoms with Crippen molar-refractivity contribution in [1.29, 1.82) is 0 Å². The zero-order valence-electron chi connectivity index (χ0n) is 6.34. The van der Waals surface area contributed by atoms with Gasteiger partial charge in [0.05, 0.1) is 15.0 Å². The second kappa shape index (κ2) is 3.43. The third kappa shape index (κ3) is 1.66. The van der Waals surface area contributed by atoms with Gasteiger partial charge in [0.1, 0.15) is 5.82 Å². The van der Waals surface area contributed by atoms with Crippen molar-refractivity contribution in [3.8, 4) is 10.6 Å². The molecule has 6 heteroatoms. The summed E-state index contributed by atoms with van der Waals surface area (Å²) in [4.78, 5) is 1.09. The van der Waals surface area contributed by atoms with Crippen molar-refractivity contribution < 1.29 is 0 Å². The molecule has 0 unspecified atom stereocenters. The van der Waals surface area contributed by atoms with Crippen LogP contribution in [0.2, 0.25) is 0 Å². The molecule has 0 bridgehead atoms. The first-order chi connectivity index (χ1) is 6.18. The smallest absolute Gasteiger partial charge is 0.145 e. The second-order valence-electron chi connectivity index (χ2n) is 2.43. The van der Waals surface area contributed by atoms with Crippen LogP contribution in [0.5, 0.6) is 0 Å². The fraction of sp³-hybridized carbons (Fsp3) is 0. The minimum absolute atomic E-state index is 0.506. The van der Waals surface area contributed by atoms with Crippen molar-refractivity contribution in [1.82, 2.24) is 10.2 Å². The average molecular weight is 323 g/mol. The Balaban J connectivity index is 2.52. The van der Waals surface area contributed by atoms with Gasteiger partial charge < -0.3 is 5.73 Å². The molecule has 0 spiro atoms. The van der Waals surface area contributed by atoms with E-state index in [1.807, 2.05) is 11.4 Å². The Kier molecular flexibility index (Phi) is 2.44. The van der Waals surface area contributed by atoms with Crippen LogP contribution >= 0.6 is 43.2 Å². The van der Waals surface area contributed by atoms with Crippen LogP contribution in [0.15, 0.2) is 20.4 Å². The van der Waals surface area contributed by atoms with Crippen molar-refractivity contribution in [2.75, 3.05) is 5.73 Å². The molecule has 68 valence electrons. The lowest BCUT2D eigenvalue weighted by Crippen LogP contribution is -1.81. The number of thiophene rings is 1. The largest absolute Gasteiger partial charge is 0.382 e. The summed E-state index contributed by atoms with van der Waals surface area (Å²) in [7, 11) is 0. The molecule has 2 aromatic rings. The van der Waals surface area contributed by atoms with Crippen molar-refractivity contribution in [3.05, 3.63) is 20.4 Å². The van der Waals surface area contributed by atoms with Crippen molar-refractivity contribution in [2.24, 2.45) is 0 Å². The molecule has 0 saturated carbocycles. The summed E-state index contributed by atoms with van der Waals surface area (Å²) in [6, 6.07) is 1.81. The van der Waals surface area contributed by atoms with Crippen molar-refractivity contribution >= 4 is 49.0 Å². The summed E-state index contributed by atoms with van der Waals surface area (Å²) >= 11 is 8.51. The molecule has 0 amide bonds. The van der Waals surface area contributed by atoms with Gasteiger partial charge in [-0.15, -0.1) is 11.3 Å². The number of hydrogen-bond acceptors (Lipinski definition) is 3. The highest BCUT2D eigenvalue weighted by Crippen LogP contribution is 2.39. The van der Waals surface area contributed by atoms with Crippen LogP contribution in [0, 0.1) is 0 Å². The average Bonchev–Trinajstić information content (AvgIpc) is 2.62. The maximum Gasteiger partial charge on any atom is 0.145 e. The number of aromatic nitrogens is 2. The van der Waals surface area contributed by atoms with Gasteiger partial charge in [-0.1, -0.05) is 0 Å². The predicted molar refractivity (Wildman–Crippen MR) is 61.7 cm³/mol. The summed E-state index contributed by atoms with van der Waals surface area (Å²) in [6.45, 7) is 0. The van der Waals surface area contributed by atoms with E-state index in [-0.39, 0.29) is 0 Å². The molecule has 0 fully saturated rings. The van der Waals surface area contributed by atoms with Gasteiger partial charge in [0.2, 0.25) is 0 Å². The topological polar surface area (TPSA) is 54.7 Å². The highest BCUT2D eigenvalue weighted by Gasteiger charge is 2.10. The van der Waals surface area contributed by atoms with E-state index < -0.39 is 0 Å². The molecule has 0 aromatic carbocycles. The normalized spacial score (nSPS) is 10.6. The van der Waals surface area contributed by atoms with Gasteiger partial charge in [-0.2, -0.15) is 5.10 Å². The first-order valence-electron chi connectivity index (χ1n) is 3.42. The minimum atomic E-state index is 0.506. The second-order valence-corrected chi connectivity index (χ2v) is 4.96. The van der Waals surface area contributed by atoms with Crippen LogP contribution in [0.1, 0.15) is 0 Å². The maximum absolute atomic E-state index is 5.51. The highest BCUT2D eigenvalue weighted by molar-refractivity contribution is 9.13. The minimum Gasteiger partial charge on any atom is -0.382 e. The fourth-order valence-corrected chi connectivity index (χ4v) is 3.11. The molecule has 3 N–H and O–H groups in total. The molecule has 0 radical (unpaired) electrons. The Morgan fingerprint density at radius 1 is 1.46 bits per heavy atom. The van der Waals surface area contributed by atoms with E-state index in [2.05, 4.69) is 42.1 Å². The van der Waals surface area contributed by atoms with E-state index in [9.17, 15) is 0 Å². The molecule has 3 nitrogen and oxygen atoms in total. The van der Waals surface area contributed by atoms with Crippen LogP contribution in [-0.4, -0.2) is 10.2 Å². The number of nitrogens with two attached hydrogens (primary N) is 1. The summed E-state index contributed by atoms with van der Waals surface area (Å²) < 4.78 is 2.07. The lowest BCUT2D eigenvalue weighted by atomic mass is 10.3. The van der Waals surface area contributed by atoms with Crippen LogP contribution in [0.25, 0.3) is 10.6 Å². The highest BCUT2D eigenvalue weighted by atomic mass is 79.9. The molecule has 0 aliphatic rings. The number of nitrogens with one attached hydrogen (secondary N) is 1. The Hall–Kier alpha value is -0.330. The number of rotatable bonds is 1. The lowest BCUT2D eigenvalue weighted by molar-refractivity contribution is 1.10. The summed E-state index contributed by atoms with van der Waals surface area (Å²) in [5.74, 6) is 0.506. The molecular weight excluding hydrogens is 318 g/mol. The van der Waals surface area contributed by atoms with Gasteiger partial charge in [0, 0.05) is 15.9 Å². The van der Waals surface area contributed by atoms with Crippen LogP contribution in [0.4, 0.5) is 5.82 Å². The van der Waals surface area contributed by atoms with Crippen molar-refractivity contribution in [3.63, 3.8) is 0 Å². The SMILES string of the molecule is Nc1cc(-c2scc(Br)c2Br)[nH]n1. The molecule has 0 atom stereocenters. The zero-order chi connectivity index (χ0) is 9.42. The van der Waals surface area contributed by atoms with Crippen LogP contribution in [0.3, 0.4) is 0 Å². The van der Waals surface area contributed by atoms with Gasteiger partial charge in [-0.25, -0.2) is 0 Å². The summed E-state index contributed by atoms with van der Waals surface area (Å²) in [6.07, 6.45) is 0.